The normalized spacial score (nSPS) is 19.5. The van der Waals surface area contributed by atoms with Crippen molar-refractivity contribution in [2.24, 2.45) is 11.3 Å². The topological polar surface area (TPSA) is 154 Å². The standard InChI is InChI=1S/C37H48N6O6S/c1-22(25-7-9-26(10-8-25)32-23(2)39-21-50-32)40-35(47)30-18-28(44)20-43(30)36(48)33(37(3,4)5)41-34(46)29-12-11-27(19-38-29)42-15-13-24(14-16-42)17-31(45)49-6/h7-12,19,21-22,24,28,30,33,44H,13-18,20H2,1-6H3,(H,40,47)(H,41,46)/t22?,28-,30+,33?/m1/s1. The van der Waals surface area contributed by atoms with Crippen LogP contribution in [0.3, 0.4) is 0 Å². The van der Waals surface area contributed by atoms with Crippen LogP contribution in [0.25, 0.3) is 10.4 Å². The van der Waals surface area contributed by atoms with Gasteiger partial charge in [0.1, 0.15) is 17.8 Å². The van der Waals surface area contributed by atoms with Crippen LogP contribution in [0.4, 0.5) is 5.69 Å². The number of aliphatic hydroxyl groups is 1. The Hall–Kier alpha value is -4.36. The lowest BCUT2D eigenvalue weighted by molar-refractivity contribution is -0.142. The van der Waals surface area contributed by atoms with Crippen molar-refractivity contribution in [3.63, 3.8) is 0 Å². The number of amides is 3. The van der Waals surface area contributed by atoms with Gasteiger partial charge in [0.2, 0.25) is 11.8 Å². The summed E-state index contributed by atoms with van der Waals surface area (Å²) in [4.78, 5) is 66.2. The van der Waals surface area contributed by atoms with Gasteiger partial charge in [-0.1, -0.05) is 45.0 Å². The van der Waals surface area contributed by atoms with E-state index in [1.807, 2.05) is 70.5 Å². The Labute approximate surface area is 297 Å². The quantitative estimate of drug-likeness (QED) is 0.263. The van der Waals surface area contributed by atoms with Gasteiger partial charge < -0.3 is 30.3 Å². The van der Waals surface area contributed by atoms with Gasteiger partial charge in [0, 0.05) is 32.5 Å². The number of carbonyl (C=O) groups excluding carboxylic acids is 4. The number of hydrogen-bond donors (Lipinski definition) is 3. The van der Waals surface area contributed by atoms with E-state index in [1.165, 1.54) is 12.0 Å². The first kappa shape index (κ1) is 36.9. The molecule has 3 aromatic rings. The van der Waals surface area contributed by atoms with Crippen LogP contribution in [-0.4, -0.2) is 88.6 Å². The van der Waals surface area contributed by atoms with E-state index in [4.69, 9.17) is 4.74 Å². The maximum Gasteiger partial charge on any atom is 0.305 e. The zero-order valence-electron chi connectivity index (χ0n) is 29.6. The maximum atomic E-state index is 14.1. The number of benzene rings is 1. The molecule has 2 aliphatic rings. The van der Waals surface area contributed by atoms with Crippen molar-refractivity contribution in [1.82, 2.24) is 25.5 Å². The van der Waals surface area contributed by atoms with E-state index >= 15 is 0 Å². The molecule has 4 atom stereocenters. The van der Waals surface area contributed by atoms with E-state index in [9.17, 15) is 24.3 Å². The van der Waals surface area contributed by atoms with Gasteiger partial charge >= 0.3 is 5.97 Å². The number of methoxy groups -OCH3 is 1. The highest BCUT2D eigenvalue weighted by Gasteiger charge is 2.45. The summed E-state index contributed by atoms with van der Waals surface area (Å²) in [5.41, 5.74) is 5.08. The van der Waals surface area contributed by atoms with Crippen LogP contribution in [-0.2, 0) is 19.1 Å². The Morgan fingerprint density at radius 1 is 1.04 bits per heavy atom. The number of anilines is 1. The predicted octanol–water partition coefficient (Wildman–Crippen LogP) is 4.28. The van der Waals surface area contributed by atoms with Gasteiger partial charge in [-0.15, -0.1) is 11.3 Å². The minimum atomic E-state index is -0.980. The van der Waals surface area contributed by atoms with Crippen LogP contribution in [0.2, 0.25) is 0 Å². The van der Waals surface area contributed by atoms with Crippen molar-refractivity contribution >= 4 is 40.7 Å². The third-order valence-corrected chi connectivity index (χ3v) is 10.7. The molecular formula is C37H48N6O6S. The lowest BCUT2D eigenvalue weighted by atomic mass is 9.85. The average molecular weight is 705 g/mol. The number of hydrogen-bond acceptors (Lipinski definition) is 10. The Balaban J connectivity index is 1.21. The molecule has 2 saturated heterocycles. The summed E-state index contributed by atoms with van der Waals surface area (Å²) < 4.78 is 4.80. The molecule has 5 rings (SSSR count). The molecule has 2 aliphatic heterocycles. The fourth-order valence-electron chi connectivity index (χ4n) is 6.64. The van der Waals surface area contributed by atoms with Crippen molar-refractivity contribution in [3.05, 3.63) is 65.1 Å². The lowest BCUT2D eigenvalue weighted by Gasteiger charge is -2.35. The minimum absolute atomic E-state index is 0.0140. The Kier molecular flexibility index (Phi) is 11.6. The largest absolute Gasteiger partial charge is 0.469 e. The molecule has 0 radical (unpaired) electrons. The van der Waals surface area contributed by atoms with E-state index in [1.54, 1.807) is 23.6 Å². The van der Waals surface area contributed by atoms with E-state index in [0.29, 0.717) is 6.42 Å². The summed E-state index contributed by atoms with van der Waals surface area (Å²) in [6, 6.07) is 9.20. The smallest absolute Gasteiger partial charge is 0.305 e. The molecular weight excluding hydrogens is 657 g/mol. The van der Waals surface area contributed by atoms with E-state index in [2.05, 4.69) is 25.5 Å². The molecule has 3 N–H and O–H groups in total. The number of nitrogens with zero attached hydrogens (tertiary/aromatic N) is 4. The number of piperidine rings is 1. The molecule has 12 nitrogen and oxygen atoms in total. The van der Waals surface area contributed by atoms with Gasteiger partial charge in [0.25, 0.3) is 5.91 Å². The number of aromatic nitrogens is 2. The van der Waals surface area contributed by atoms with Crippen molar-refractivity contribution in [2.75, 3.05) is 31.6 Å². The molecule has 1 aromatic carbocycles. The highest BCUT2D eigenvalue weighted by atomic mass is 32.1. The van der Waals surface area contributed by atoms with Crippen LogP contribution in [0.15, 0.2) is 48.1 Å². The number of likely N-dealkylation sites (tertiary alicyclic amines) is 1. The van der Waals surface area contributed by atoms with Gasteiger partial charge in [-0.25, -0.2) is 9.97 Å². The Bertz CT molecular complexity index is 1660. The number of carbonyl (C=O) groups is 4. The lowest BCUT2D eigenvalue weighted by Crippen LogP contribution is -2.58. The minimum Gasteiger partial charge on any atom is -0.469 e. The van der Waals surface area contributed by atoms with Gasteiger partial charge in [0.05, 0.1) is 47.2 Å². The van der Waals surface area contributed by atoms with Crippen molar-refractivity contribution < 1.29 is 29.0 Å². The number of esters is 1. The number of pyridine rings is 1. The average Bonchev–Trinajstić information content (AvgIpc) is 3.71. The zero-order valence-corrected chi connectivity index (χ0v) is 30.5. The fraction of sp³-hybridized carbons (Fsp3) is 0.514. The summed E-state index contributed by atoms with van der Waals surface area (Å²) >= 11 is 1.58. The number of nitrogens with one attached hydrogen (secondary N) is 2. The molecule has 50 heavy (non-hydrogen) atoms. The summed E-state index contributed by atoms with van der Waals surface area (Å²) in [6.07, 6.45) is 3.01. The summed E-state index contributed by atoms with van der Waals surface area (Å²) in [5, 5.41) is 16.5. The summed E-state index contributed by atoms with van der Waals surface area (Å²) in [5.74, 6) is -1.22. The number of thiazole rings is 1. The molecule has 0 bridgehead atoms. The Morgan fingerprint density at radius 3 is 2.32 bits per heavy atom. The molecule has 268 valence electrons. The molecule has 0 saturated carbocycles. The van der Waals surface area contributed by atoms with E-state index < -0.39 is 35.4 Å². The van der Waals surface area contributed by atoms with Gasteiger partial charge in [-0.05, 0) is 61.3 Å². The van der Waals surface area contributed by atoms with E-state index in [-0.39, 0.29) is 42.5 Å². The monoisotopic (exact) mass is 704 g/mol. The molecule has 2 unspecified atom stereocenters. The SMILES string of the molecule is COC(=O)CC1CCN(c2ccc(C(=O)NC(C(=O)N3C[C@H](O)C[C@H]3C(=O)NC(C)c3ccc(-c4scnc4C)cc3)C(C)(C)C)nc2)CC1. The van der Waals surface area contributed by atoms with Crippen LogP contribution in [0, 0.1) is 18.3 Å². The molecule has 4 heterocycles. The van der Waals surface area contributed by atoms with Crippen molar-refractivity contribution in [3.8, 4) is 10.4 Å². The van der Waals surface area contributed by atoms with Crippen LogP contribution in [0.1, 0.15) is 81.2 Å². The fourth-order valence-corrected chi connectivity index (χ4v) is 7.45. The third kappa shape index (κ3) is 8.67. The first-order valence-electron chi connectivity index (χ1n) is 17.1. The number of aryl methyl sites for hydroxylation is 1. The van der Waals surface area contributed by atoms with Gasteiger partial charge in [-0.3, -0.25) is 19.2 Å². The van der Waals surface area contributed by atoms with Crippen LogP contribution >= 0.6 is 11.3 Å². The number of aliphatic hydroxyl groups excluding tert-OH is 1. The Morgan fingerprint density at radius 2 is 1.74 bits per heavy atom. The second-order valence-electron chi connectivity index (χ2n) is 14.4. The molecule has 2 aromatic heterocycles. The molecule has 0 aliphatic carbocycles. The molecule has 13 heteroatoms. The van der Waals surface area contributed by atoms with Crippen molar-refractivity contribution in [2.45, 2.75) is 84.5 Å². The molecule has 3 amide bonds. The highest BCUT2D eigenvalue weighted by molar-refractivity contribution is 7.13. The molecule has 0 spiro atoms. The first-order valence-corrected chi connectivity index (χ1v) is 18.0. The second kappa shape index (κ2) is 15.7. The number of β-amino-alcohol motifs (C(OH)–C–C–N with tert-alkyl or cyclic N) is 1. The van der Waals surface area contributed by atoms with Crippen LogP contribution in [0.5, 0.6) is 0 Å². The zero-order chi connectivity index (χ0) is 36.2. The molecule has 2 fully saturated rings. The second-order valence-corrected chi connectivity index (χ2v) is 15.3. The first-order chi connectivity index (χ1) is 23.7. The van der Waals surface area contributed by atoms with E-state index in [0.717, 1.165) is 53.3 Å². The predicted molar refractivity (Wildman–Crippen MR) is 191 cm³/mol. The number of rotatable bonds is 10. The van der Waals surface area contributed by atoms with Gasteiger partial charge in [-0.2, -0.15) is 0 Å². The van der Waals surface area contributed by atoms with Crippen LogP contribution < -0.4 is 15.5 Å². The highest BCUT2D eigenvalue weighted by Crippen LogP contribution is 2.30. The van der Waals surface area contributed by atoms with Crippen molar-refractivity contribution in [1.29, 1.82) is 0 Å². The van der Waals surface area contributed by atoms with Gasteiger partial charge in [0.15, 0.2) is 0 Å². The maximum absolute atomic E-state index is 14.1. The summed E-state index contributed by atoms with van der Waals surface area (Å²) in [6.45, 7) is 10.9. The number of ether oxygens (including phenoxy) is 1. The third-order valence-electron chi connectivity index (χ3n) is 9.67. The summed E-state index contributed by atoms with van der Waals surface area (Å²) in [7, 11) is 1.40.